The molecule has 1 aromatic carbocycles. The van der Waals surface area contributed by atoms with Crippen LogP contribution >= 0.6 is 15.9 Å². The van der Waals surface area contributed by atoms with Crippen molar-refractivity contribution in [2.45, 2.75) is 38.5 Å². The van der Waals surface area contributed by atoms with Crippen LogP contribution in [-0.4, -0.2) is 43.6 Å². The van der Waals surface area contributed by atoms with E-state index in [0.29, 0.717) is 6.54 Å². The van der Waals surface area contributed by atoms with Crippen LogP contribution in [0.3, 0.4) is 0 Å². The van der Waals surface area contributed by atoms with Crippen molar-refractivity contribution in [3.63, 3.8) is 0 Å². The number of hydrogen-bond donors (Lipinski definition) is 2. The molecule has 118 valence electrons. The maximum absolute atomic E-state index is 9.49. The van der Waals surface area contributed by atoms with Gasteiger partial charge < -0.3 is 20.1 Å². The zero-order chi connectivity index (χ0) is 15.6. The fourth-order valence-electron chi connectivity index (χ4n) is 2.89. The molecule has 1 aliphatic rings. The van der Waals surface area contributed by atoms with Crippen molar-refractivity contribution >= 4 is 21.6 Å². The molecule has 5 heteroatoms. The highest BCUT2D eigenvalue weighted by Gasteiger charge is 2.34. The largest absolute Gasteiger partial charge is 0.394 e. The van der Waals surface area contributed by atoms with Crippen molar-refractivity contribution < 1.29 is 9.84 Å². The van der Waals surface area contributed by atoms with Crippen LogP contribution in [-0.2, 0) is 4.74 Å². The Kier molecular flexibility index (Phi) is 5.30. The van der Waals surface area contributed by atoms with Gasteiger partial charge in [0.05, 0.1) is 18.3 Å². The van der Waals surface area contributed by atoms with E-state index in [-0.39, 0.29) is 24.4 Å². The number of ether oxygens (including phenoxy) is 1. The zero-order valence-corrected chi connectivity index (χ0v) is 14.8. The number of nitrogens with one attached hydrogen (secondary N) is 1. The lowest BCUT2D eigenvalue weighted by Crippen LogP contribution is -2.54. The molecule has 1 aromatic rings. The molecule has 0 aliphatic carbocycles. The molecule has 0 amide bonds. The van der Waals surface area contributed by atoms with E-state index in [9.17, 15) is 5.11 Å². The first-order chi connectivity index (χ1) is 9.86. The Bertz CT molecular complexity index is 493. The van der Waals surface area contributed by atoms with Crippen molar-refractivity contribution in [1.29, 1.82) is 0 Å². The fourth-order valence-corrected chi connectivity index (χ4v) is 3.24. The Morgan fingerprint density at radius 3 is 2.86 bits per heavy atom. The normalized spacial score (nSPS) is 23.1. The zero-order valence-electron chi connectivity index (χ0n) is 13.2. The van der Waals surface area contributed by atoms with Crippen molar-refractivity contribution in [3.8, 4) is 0 Å². The maximum atomic E-state index is 9.49. The van der Waals surface area contributed by atoms with Gasteiger partial charge in [-0.1, -0.05) is 22.0 Å². The van der Waals surface area contributed by atoms with Gasteiger partial charge in [0.2, 0.25) is 0 Å². The van der Waals surface area contributed by atoms with E-state index < -0.39 is 0 Å². The Balaban J connectivity index is 2.37. The van der Waals surface area contributed by atoms with Gasteiger partial charge in [0.1, 0.15) is 0 Å². The molecule has 2 unspecified atom stereocenters. The molecular weight excluding hydrogens is 332 g/mol. The van der Waals surface area contributed by atoms with Gasteiger partial charge in [-0.25, -0.2) is 0 Å². The first kappa shape index (κ1) is 16.7. The second-order valence-electron chi connectivity index (χ2n) is 6.28. The second-order valence-corrected chi connectivity index (χ2v) is 7.19. The van der Waals surface area contributed by atoms with Crippen molar-refractivity contribution in [2.24, 2.45) is 0 Å². The van der Waals surface area contributed by atoms with E-state index in [2.05, 4.69) is 65.1 Å². The average Bonchev–Trinajstić information content (AvgIpc) is 2.44. The molecule has 0 spiro atoms. The van der Waals surface area contributed by atoms with Crippen molar-refractivity contribution in [1.82, 2.24) is 5.32 Å². The summed E-state index contributed by atoms with van der Waals surface area (Å²) in [6, 6.07) is 6.64. The summed E-state index contributed by atoms with van der Waals surface area (Å²) in [4.78, 5) is 2.32. The van der Waals surface area contributed by atoms with Crippen LogP contribution in [0.25, 0.3) is 0 Å². The minimum atomic E-state index is -0.270. The third-order valence-electron chi connectivity index (χ3n) is 3.92. The molecule has 2 rings (SSSR count). The number of halogens is 1. The van der Waals surface area contributed by atoms with Crippen LogP contribution in [0.2, 0.25) is 0 Å². The Morgan fingerprint density at radius 2 is 2.24 bits per heavy atom. The summed E-state index contributed by atoms with van der Waals surface area (Å²) in [6.07, 6.45) is -0.148. The minimum Gasteiger partial charge on any atom is -0.394 e. The quantitative estimate of drug-likeness (QED) is 0.870. The molecule has 1 saturated heterocycles. The fraction of sp³-hybridized carbons (Fsp3) is 0.625. The highest BCUT2D eigenvalue weighted by Crippen LogP contribution is 2.33. The Hall–Kier alpha value is -0.620. The number of rotatable bonds is 4. The molecule has 0 aromatic heterocycles. The summed E-state index contributed by atoms with van der Waals surface area (Å²) in [5, 5.41) is 12.8. The highest BCUT2D eigenvalue weighted by molar-refractivity contribution is 9.10. The van der Waals surface area contributed by atoms with Gasteiger partial charge in [0, 0.05) is 29.3 Å². The van der Waals surface area contributed by atoms with E-state index in [1.807, 2.05) is 7.05 Å². The number of aliphatic hydroxyl groups is 1. The van der Waals surface area contributed by atoms with Gasteiger partial charge in [-0.3, -0.25) is 0 Å². The molecule has 1 fully saturated rings. The number of morpholine rings is 1. The molecule has 2 N–H and O–H groups in total. The van der Waals surface area contributed by atoms with Gasteiger partial charge in [0.25, 0.3) is 0 Å². The molecule has 2 atom stereocenters. The van der Waals surface area contributed by atoms with Gasteiger partial charge in [-0.2, -0.15) is 0 Å². The van der Waals surface area contributed by atoms with Crippen LogP contribution in [0, 0.1) is 0 Å². The number of nitrogens with zero attached hydrogens (tertiary/aromatic N) is 1. The lowest BCUT2D eigenvalue weighted by Gasteiger charge is -2.44. The molecule has 0 saturated carbocycles. The molecule has 4 nitrogen and oxygen atoms in total. The standard InChI is InChI=1S/C16H25BrN2O2/c1-11(18-4)14-6-5-12(17)7-15(14)19-8-13(9-20)21-16(2,3)10-19/h5-7,11,13,18,20H,8-10H2,1-4H3. The number of aliphatic hydroxyl groups excluding tert-OH is 1. The number of hydrogen-bond acceptors (Lipinski definition) is 4. The summed E-state index contributed by atoms with van der Waals surface area (Å²) < 4.78 is 6.98. The van der Waals surface area contributed by atoms with Gasteiger partial charge in [0.15, 0.2) is 0 Å². The molecule has 0 bridgehead atoms. The van der Waals surface area contributed by atoms with Crippen molar-refractivity contribution in [3.05, 3.63) is 28.2 Å². The second kappa shape index (κ2) is 6.65. The lowest BCUT2D eigenvalue weighted by atomic mass is 10.0. The average molecular weight is 357 g/mol. The minimum absolute atomic E-state index is 0.0465. The Labute approximate surface area is 135 Å². The third kappa shape index (κ3) is 3.97. The van der Waals surface area contributed by atoms with E-state index in [0.717, 1.165) is 11.0 Å². The highest BCUT2D eigenvalue weighted by atomic mass is 79.9. The van der Waals surface area contributed by atoms with E-state index in [1.165, 1.54) is 11.3 Å². The third-order valence-corrected chi connectivity index (χ3v) is 4.41. The van der Waals surface area contributed by atoms with E-state index >= 15 is 0 Å². The molecule has 1 aliphatic heterocycles. The predicted octanol–water partition coefficient (Wildman–Crippen LogP) is 2.71. The molecule has 1 heterocycles. The smallest absolute Gasteiger partial charge is 0.0988 e. The summed E-state index contributed by atoms with van der Waals surface area (Å²) in [5.41, 5.74) is 2.19. The predicted molar refractivity (Wildman–Crippen MR) is 89.9 cm³/mol. The first-order valence-electron chi connectivity index (χ1n) is 7.36. The summed E-state index contributed by atoms with van der Waals surface area (Å²) in [6.45, 7) is 7.86. The van der Waals surface area contributed by atoms with Gasteiger partial charge in [-0.05, 0) is 45.5 Å². The van der Waals surface area contributed by atoms with Crippen LogP contribution in [0.1, 0.15) is 32.4 Å². The summed E-state index contributed by atoms with van der Waals surface area (Å²) in [7, 11) is 1.97. The topological polar surface area (TPSA) is 44.7 Å². The summed E-state index contributed by atoms with van der Waals surface area (Å²) in [5.74, 6) is 0. The lowest BCUT2D eigenvalue weighted by molar-refractivity contribution is -0.101. The van der Waals surface area contributed by atoms with Crippen LogP contribution in [0.5, 0.6) is 0 Å². The van der Waals surface area contributed by atoms with E-state index in [4.69, 9.17) is 4.74 Å². The van der Waals surface area contributed by atoms with Crippen LogP contribution in [0.4, 0.5) is 5.69 Å². The molecule has 21 heavy (non-hydrogen) atoms. The number of anilines is 1. The molecular formula is C16H25BrN2O2. The number of benzene rings is 1. The SMILES string of the molecule is CNC(C)c1ccc(Br)cc1N1CC(CO)OC(C)(C)C1. The summed E-state index contributed by atoms with van der Waals surface area (Å²) >= 11 is 3.57. The maximum Gasteiger partial charge on any atom is 0.0988 e. The van der Waals surface area contributed by atoms with Crippen molar-refractivity contribution in [2.75, 3.05) is 31.6 Å². The van der Waals surface area contributed by atoms with Crippen LogP contribution < -0.4 is 10.2 Å². The Morgan fingerprint density at radius 1 is 1.52 bits per heavy atom. The molecule has 0 radical (unpaired) electrons. The monoisotopic (exact) mass is 356 g/mol. The van der Waals surface area contributed by atoms with Gasteiger partial charge >= 0.3 is 0 Å². The van der Waals surface area contributed by atoms with E-state index in [1.54, 1.807) is 0 Å². The first-order valence-corrected chi connectivity index (χ1v) is 8.16. The van der Waals surface area contributed by atoms with Gasteiger partial charge in [-0.15, -0.1) is 0 Å². The van der Waals surface area contributed by atoms with Crippen LogP contribution in [0.15, 0.2) is 22.7 Å².